The van der Waals surface area contributed by atoms with Crippen LogP contribution in [0.3, 0.4) is 0 Å². The minimum absolute atomic E-state index is 0.257. The fourth-order valence-corrected chi connectivity index (χ4v) is 2.00. The molecule has 0 aliphatic heterocycles. The van der Waals surface area contributed by atoms with Gasteiger partial charge in [0.15, 0.2) is 0 Å². The molecule has 1 heterocycles. The van der Waals surface area contributed by atoms with Crippen molar-refractivity contribution in [2.45, 2.75) is 25.9 Å². The predicted octanol–water partition coefficient (Wildman–Crippen LogP) is 2.10. The molecule has 2 aromatic rings. The van der Waals surface area contributed by atoms with Gasteiger partial charge in [0, 0.05) is 24.6 Å². The summed E-state index contributed by atoms with van der Waals surface area (Å²) in [5, 5.41) is 3.36. The zero-order chi connectivity index (χ0) is 13.7. The van der Waals surface area contributed by atoms with Crippen molar-refractivity contribution >= 4 is 5.91 Å². The molecule has 0 saturated carbocycles. The van der Waals surface area contributed by atoms with Crippen LogP contribution in [0.1, 0.15) is 28.6 Å². The highest BCUT2D eigenvalue weighted by atomic mass is 16.3. The van der Waals surface area contributed by atoms with Crippen LogP contribution in [0, 0.1) is 0 Å². The third-order valence-electron chi connectivity index (χ3n) is 3.01. The Morgan fingerprint density at radius 2 is 2.11 bits per heavy atom. The topological polar surface area (TPSA) is 68.3 Å². The Kier molecular flexibility index (Phi) is 4.36. The van der Waals surface area contributed by atoms with Crippen molar-refractivity contribution in [3.63, 3.8) is 0 Å². The van der Waals surface area contributed by atoms with E-state index in [0.29, 0.717) is 12.1 Å². The molecule has 1 amide bonds. The summed E-state index contributed by atoms with van der Waals surface area (Å²) in [4.78, 5) is 11.3. The number of nitrogens with two attached hydrogens (primary N) is 1. The fourth-order valence-electron chi connectivity index (χ4n) is 2.00. The van der Waals surface area contributed by atoms with Crippen LogP contribution < -0.4 is 11.1 Å². The average molecular weight is 258 g/mol. The first-order chi connectivity index (χ1) is 9.16. The smallest absolute Gasteiger partial charge is 0.249 e. The maximum atomic E-state index is 11.3. The lowest BCUT2D eigenvalue weighted by molar-refractivity contribution is 0.0999. The SMILES string of the molecule is CC(Cc1ccco1)NCc1ccccc1C(N)=O. The second-order valence-corrected chi connectivity index (χ2v) is 4.59. The first-order valence-corrected chi connectivity index (χ1v) is 6.30. The lowest BCUT2D eigenvalue weighted by Crippen LogP contribution is -2.28. The standard InChI is InChI=1S/C15H18N2O2/c1-11(9-13-6-4-8-19-13)17-10-12-5-2-3-7-14(12)15(16)18/h2-8,11,17H,9-10H2,1H3,(H2,16,18). The van der Waals surface area contributed by atoms with Gasteiger partial charge in [-0.25, -0.2) is 0 Å². The highest BCUT2D eigenvalue weighted by Gasteiger charge is 2.09. The highest BCUT2D eigenvalue weighted by Crippen LogP contribution is 2.09. The number of primary amides is 1. The molecule has 1 aromatic heterocycles. The lowest BCUT2D eigenvalue weighted by Gasteiger charge is -2.14. The molecule has 0 saturated heterocycles. The molecule has 0 radical (unpaired) electrons. The number of rotatable bonds is 6. The van der Waals surface area contributed by atoms with Gasteiger partial charge in [0.2, 0.25) is 5.91 Å². The molecule has 0 fully saturated rings. The molecule has 100 valence electrons. The van der Waals surface area contributed by atoms with E-state index in [1.165, 1.54) is 0 Å². The molecular formula is C15H18N2O2. The van der Waals surface area contributed by atoms with E-state index in [4.69, 9.17) is 10.2 Å². The van der Waals surface area contributed by atoms with E-state index in [1.54, 1.807) is 12.3 Å². The van der Waals surface area contributed by atoms with E-state index in [9.17, 15) is 4.79 Å². The maximum absolute atomic E-state index is 11.3. The highest BCUT2D eigenvalue weighted by molar-refractivity contribution is 5.94. The Morgan fingerprint density at radius 1 is 1.32 bits per heavy atom. The molecule has 1 atom stereocenters. The Hall–Kier alpha value is -2.07. The quantitative estimate of drug-likeness (QED) is 0.833. The number of nitrogens with one attached hydrogen (secondary N) is 1. The molecule has 19 heavy (non-hydrogen) atoms. The van der Waals surface area contributed by atoms with E-state index in [0.717, 1.165) is 17.7 Å². The Labute approximate surface area is 112 Å². The molecule has 3 N–H and O–H groups in total. The minimum Gasteiger partial charge on any atom is -0.469 e. The summed E-state index contributed by atoms with van der Waals surface area (Å²) < 4.78 is 5.30. The third kappa shape index (κ3) is 3.69. The average Bonchev–Trinajstić information content (AvgIpc) is 2.89. The minimum atomic E-state index is -0.393. The predicted molar refractivity (Wildman–Crippen MR) is 73.7 cm³/mol. The summed E-state index contributed by atoms with van der Waals surface area (Å²) in [6.07, 6.45) is 2.48. The fraction of sp³-hybridized carbons (Fsp3) is 0.267. The van der Waals surface area contributed by atoms with E-state index in [2.05, 4.69) is 12.2 Å². The van der Waals surface area contributed by atoms with Crippen LogP contribution in [0.5, 0.6) is 0 Å². The van der Waals surface area contributed by atoms with Gasteiger partial charge in [-0.05, 0) is 30.7 Å². The molecule has 0 aliphatic rings. The number of carbonyl (C=O) groups is 1. The summed E-state index contributed by atoms with van der Waals surface area (Å²) in [7, 11) is 0. The number of hydrogen-bond donors (Lipinski definition) is 2. The molecule has 0 bridgehead atoms. The second kappa shape index (κ2) is 6.20. The number of carbonyl (C=O) groups excluding carboxylic acids is 1. The Balaban J connectivity index is 1.93. The summed E-state index contributed by atoms with van der Waals surface area (Å²) in [6.45, 7) is 2.69. The van der Waals surface area contributed by atoms with Gasteiger partial charge in [0.1, 0.15) is 5.76 Å². The van der Waals surface area contributed by atoms with Gasteiger partial charge in [0.05, 0.1) is 6.26 Å². The number of hydrogen-bond acceptors (Lipinski definition) is 3. The van der Waals surface area contributed by atoms with Gasteiger partial charge in [-0.15, -0.1) is 0 Å². The molecule has 1 aromatic carbocycles. The van der Waals surface area contributed by atoms with Crippen molar-refractivity contribution in [2.24, 2.45) is 5.73 Å². The van der Waals surface area contributed by atoms with Crippen molar-refractivity contribution in [1.82, 2.24) is 5.32 Å². The van der Waals surface area contributed by atoms with E-state index < -0.39 is 5.91 Å². The molecular weight excluding hydrogens is 240 g/mol. The van der Waals surface area contributed by atoms with Gasteiger partial charge >= 0.3 is 0 Å². The van der Waals surface area contributed by atoms with Gasteiger partial charge in [-0.2, -0.15) is 0 Å². The van der Waals surface area contributed by atoms with Gasteiger partial charge in [0.25, 0.3) is 0 Å². The number of furan rings is 1. The number of benzene rings is 1. The molecule has 2 rings (SSSR count). The molecule has 0 aliphatic carbocycles. The molecule has 4 nitrogen and oxygen atoms in total. The maximum Gasteiger partial charge on any atom is 0.249 e. The zero-order valence-electron chi connectivity index (χ0n) is 10.9. The summed E-state index contributed by atoms with van der Waals surface area (Å²) in [5.74, 6) is 0.555. The monoisotopic (exact) mass is 258 g/mol. The first kappa shape index (κ1) is 13.4. The molecule has 1 unspecified atom stereocenters. The van der Waals surface area contributed by atoms with Gasteiger partial charge in [-0.3, -0.25) is 4.79 Å². The summed E-state index contributed by atoms with van der Waals surface area (Å²) in [5.41, 5.74) is 6.84. The Morgan fingerprint density at radius 3 is 2.79 bits per heavy atom. The third-order valence-corrected chi connectivity index (χ3v) is 3.01. The normalized spacial score (nSPS) is 12.3. The zero-order valence-corrected chi connectivity index (χ0v) is 10.9. The number of amides is 1. The first-order valence-electron chi connectivity index (χ1n) is 6.30. The van der Waals surface area contributed by atoms with E-state index >= 15 is 0 Å². The van der Waals surface area contributed by atoms with Crippen LogP contribution in [-0.4, -0.2) is 11.9 Å². The van der Waals surface area contributed by atoms with Crippen LogP contribution in [0.4, 0.5) is 0 Å². The van der Waals surface area contributed by atoms with Gasteiger partial charge in [-0.1, -0.05) is 18.2 Å². The lowest BCUT2D eigenvalue weighted by atomic mass is 10.1. The van der Waals surface area contributed by atoms with E-state index in [1.807, 2.05) is 30.3 Å². The van der Waals surface area contributed by atoms with Crippen LogP contribution in [0.2, 0.25) is 0 Å². The van der Waals surface area contributed by atoms with Crippen molar-refractivity contribution in [3.05, 3.63) is 59.5 Å². The second-order valence-electron chi connectivity index (χ2n) is 4.59. The van der Waals surface area contributed by atoms with Crippen LogP contribution in [-0.2, 0) is 13.0 Å². The Bertz CT molecular complexity index is 535. The van der Waals surface area contributed by atoms with Crippen molar-refractivity contribution in [3.8, 4) is 0 Å². The summed E-state index contributed by atoms with van der Waals surface area (Å²) in [6, 6.07) is 11.5. The van der Waals surface area contributed by atoms with Crippen molar-refractivity contribution < 1.29 is 9.21 Å². The summed E-state index contributed by atoms with van der Waals surface area (Å²) >= 11 is 0. The molecule has 4 heteroatoms. The largest absolute Gasteiger partial charge is 0.469 e. The molecule has 0 spiro atoms. The van der Waals surface area contributed by atoms with E-state index in [-0.39, 0.29) is 6.04 Å². The van der Waals surface area contributed by atoms with Crippen LogP contribution in [0.15, 0.2) is 47.1 Å². The van der Waals surface area contributed by atoms with Crippen LogP contribution in [0.25, 0.3) is 0 Å². The van der Waals surface area contributed by atoms with Crippen LogP contribution >= 0.6 is 0 Å². The van der Waals surface area contributed by atoms with Crippen molar-refractivity contribution in [1.29, 1.82) is 0 Å². The van der Waals surface area contributed by atoms with Crippen molar-refractivity contribution in [2.75, 3.05) is 0 Å². The van der Waals surface area contributed by atoms with Gasteiger partial charge < -0.3 is 15.5 Å².